The molecule has 0 radical (unpaired) electrons. The van der Waals surface area contributed by atoms with Gasteiger partial charge < -0.3 is 20.7 Å². The molecule has 154 valence electrons. The molecule has 2 aliphatic carbocycles. The Labute approximate surface area is 163 Å². The zero-order chi connectivity index (χ0) is 19.0. The van der Waals surface area contributed by atoms with Crippen molar-refractivity contribution in [1.82, 2.24) is 20.9 Å². The minimum Gasteiger partial charge on any atom is -0.379 e. The summed E-state index contributed by atoms with van der Waals surface area (Å²) in [6.07, 6.45) is 10.3. The van der Waals surface area contributed by atoms with Gasteiger partial charge in [-0.15, -0.1) is 0 Å². The third-order valence-corrected chi connectivity index (χ3v) is 6.25. The van der Waals surface area contributed by atoms with E-state index in [1.165, 1.54) is 19.3 Å². The van der Waals surface area contributed by atoms with Gasteiger partial charge >= 0.3 is 6.03 Å². The molecule has 0 atom stereocenters. The van der Waals surface area contributed by atoms with E-state index in [4.69, 9.17) is 4.74 Å². The molecule has 27 heavy (non-hydrogen) atoms. The number of carbonyl (C=O) groups excluding carboxylic acids is 2. The Bertz CT molecular complexity index is 482. The van der Waals surface area contributed by atoms with Gasteiger partial charge in [-0.25, -0.2) is 4.79 Å². The minimum atomic E-state index is -0.748. The van der Waals surface area contributed by atoms with Gasteiger partial charge in [0.15, 0.2) is 0 Å². The van der Waals surface area contributed by atoms with E-state index in [0.717, 1.165) is 77.8 Å². The minimum absolute atomic E-state index is 0.0192. The van der Waals surface area contributed by atoms with Crippen molar-refractivity contribution in [3.05, 3.63) is 0 Å². The first kappa shape index (κ1) is 20.4. The van der Waals surface area contributed by atoms with Crippen LogP contribution >= 0.6 is 0 Å². The highest BCUT2D eigenvalue weighted by molar-refractivity contribution is 5.91. The predicted octanol–water partition coefficient (Wildman–Crippen LogP) is 1.77. The summed E-state index contributed by atoms with van der Waals surface area (Å²) in [6.45, 7) is 4.82. The van der Waals surface area contributed by atoms with Crippen molar-refractivity contribution < 1.29 is 14.3 Å². The van der Waals surface area contributed by atoms with Crippen molar-refractivity contribution in [3.8, 4) is 0 Å². The first-order chi connectivity index (χ1) is 13.2. The molecule has 0 aromatic rings. The lowest BCUT2D eigenvalue weighted by Crippen LogP contribution is -2.62. The van der Waals surface area contributed by atoms with Crippen molar-refractivity contribution in [3.63, 3.8) is 0 Å². The van der Waals surface area contributed by atoms with E-state index >= 15 is 0 Å². The third-order valence-electron chi connectivity index (χ3n) is 6.25. The van der Waals surface area contributed by atoms with E-state index in [1.54, 1.807) is 0 Å². The highest BCUT2D eigenvalue weighted by Gasteiger charge is 2.41. The van der Waals surface area contributed by atoms with Gasteiger partial charge in [0.2, 0.25) is 5.91 Å². The smallest absolute Gasteiger partial charge is 0.315 e. The fourth-order valence-electron chi connectivity index (χ4n) is 4.57. The molecule has 1 aliphatic heterocycles. The number of hydrogen-bond donors (Lipinski definition) is 3. The normalized spacial score (nSPS) is 24.1. The molecule has 1 saturated heterocycles. The first-order valence-electron chi connectivity index (χ1n) is 10.9. The lowest BCUT2D eigenvalue weighted by molar-refractivity contribution is -0.128. The molecule has 0 spiro atoms. The zero-order valence-electron chi connectivity index (χ0n) is 16.6. The molecular formula is C20H36N4O3. The number of nitrogens with zero attached hydrogens (tertiary/aromatic N) is 1. The van der Waals surface area contributed by atoms with Crippen molar-refractivity contribution in [2.45, 2.75) is 75.8 Å². The van der Waals surface area contributed by atoms with Gasteiger partial charge in [0.1, 0.15) is 5.54 Å². The molecule has 0 aromatic carbocycles. The molecule has 7 heteroatoms. The van der Waals surface area contributed by atoms with Crippen LogP contribution in [-0.4, -0.2) is 67.8 Å². The molecule has 0 bridgehead atoms. The SMILES string of the molecule is O=C(NC1CCCCC1)NC1(C(=O)NCCN2CCOCC2)CCCCC1. The lowest BCUT2D eigenvalue weighted by atomic mass is 9.81. The number of amides is 3. The topological polar surface area (TPSA) is 82.7 Å². The number of ether oxygens (including phenoxy) is 1. The maximum atomic E-state index is 13.0. The van der Waals surface area contributed by atoms with Crippen LogP contribution in [0.15, 0.2) is 0 Å². The Kier molecular flexibility index (Phi) is 7.76. The number of urea groups is 1. The fourth-order valence-corrected chi connectivity index (χ4v) is 4.57. The van der Waals surface area contributed by atoms with E-state index in [2.05, 4.69) is 20.9 Å². The second-order valence-corrected chi connectivity index (χ2v) is 8.29. The number of rotatable bonds is 6. The summed E-state index contributed by atoms with van der Waals surface area (Å²) in [7, 11) is 0. The maximum absolute atomic E-state index is 13.0. The molecule has 3 amide bonds. The molecule has 0 aromatic heterocycles. The molecule has 0 unspecified atom stereocenters. The van der Waals surface area contributed by atoms with Gasteiger partial charge in [-0.2, -0.15) is 0 Å². The average Bonchev–Trinajstić information content (AvgIpc) is 2.70. The van der Waals surface area contributed by atoms with Gasteiger partial charge in [-0.05, 0) is 25.7 Å². The second-order valence-electron chi connectivity index (χ2n) is 8.29. The number of morpholine rings is 1. The highest BCUT2D eigenvalue weighted by Crippen LogP contribution is 2.28. The van der Waals surface area contributed by atoms with Gasteiger partial charge in [-0.3, -0.25) is 9.69 Å². The van der Waals surface area contributed by atoms with Crippen LogP contribution < -0.4 is 16.0 Å². The number of carbonyl (C=O) groups is 2. The van der Waals surface area contributed by atoms with Gasteiger partial charge in [0.25, 0.3) is 0 Å². The third kappa shape index (κ3) is 6.07. The standard InChI is InChI=1S/C20H36N4O3/c25-18(21-11-12-24-13-15-27-16-14-24)20(9-5-2-6-10-20)23-19(26)22-17-7-3-1-4-8-17/h17H,1-16H2,(H,21,25)(H2,22,23,26). The van der Waals surface area contributed by atoms with Crippen LogP contribution in [0, 0.1) is 0 Å². The van der Waals surface area contributed by atoms with Crippen molar-refractivity contribution in [2.24, 2.45) is 0 Å². The molecule has 3 aliphatic rings. The van der Waals surface area contributed by atoms with Crippen molar-refractivity contribution >= 4 is 11.9 Å². The summed E-state index contributed by atoms with van der Waals surface area (Å²) in [6, 6.07) is 0.0795. The van der Waals surface area contributed by atoms with Crippen LogP contribution in [0.25, 0.3) is 0 Å². The van der Waals surface area contributed by atoms with Crippen molar-refractivity contribution in [1.29, 1.82) is 0 Å². The first-order valence-corrected chi connectivity index (χ1v) is 10.9. The van der Waals surface area contributed by atoms with Crippen LogP contribution in [0.4, 0.5) is 4.79 Å². The zero-order valence-corrected chi connectivity index (χ0v) is 16.6. The number of nitrogens with one attached hydrogen (secondary N) is 3. The largest absolute Gasteiger partial charge is 0.379 e. The molecule has 1 heterocycles. The van der Waals surface area contributed by atoms with Gasteiger partial charge in [0.05, 0.1) is 13.2 Å². The Morgan fingerprint density at radius 2 is 1.63 bits per heavy atom. The second kappa shape index (κ2) is 10.3. The summed E-state index contributed by atoms with van der Waals surface area (Å²) in [4.78, 5) is 27.9. The maximum Gasteiger partial charge on any atom is 0.315 e. The van der Waals surface area contributed by atoms with E-state index in [1.807, 2.05) is 0 Å². The summed E-state index contributed by atoms with van der Waals surface area (Å²) in [5, 5.41) is 9.26. The van der Waals surface area contributed by atoms with Gasteiger partial charge in [-0.1, -0.05) is 38.5 Å². The van der Waals surface area contributed by atoms with Crippen LogP contribution in [0.3, 0.4) is 0 Å². The van der Waals surface area contributed by atoms with Crippen LogP contribution in [0.1, 0.15) is 64.2 Å². The summed E-state index contributed by atoms with van der Waals surface area (Å²) in [5.41, 5.74) is -0.748. The lowest BCUT2D eigenvalue weighted by Gasteiger charge is -2.37. The van der Waals surface area contributed by atoms with E-state index < -0.39 is 5.54 Å². The Balaban J connectivity index is 1.49. The number of hydrogen-bond acceptors (Lipinski definition) is 4. The Hall–Kier alpha value is -1.34. The van der Waals surface area contributed by atoms with Gasteiger partial charge in [0, 0.05) is 32.2 Å². The average molecular weight is 381 g/mol. The molecule has 3 N–H and O–H groups in total. The molecule has 7 nitrogen and oxygen atoms in total. The summed E-state index contributed by atoms with van der Waals surface area (Å²) >= 11 is 0. The van der Waals surface area contributed by atoms with E-state index in [0.29, 0.717) is 6.54 Å². The highest BCUT2D eigenvalue weighted by atomic mass is 16.5. The van der Waals surface area contributed by atoms with Crippen LogP contribution in [-0.2, 0) is 9.53 Å². The summed E-state index contributed by atoms with van der Waals surface area (Å²) in [5.74, 6) is -0.0192. The Morgan fingerprint density at radius 1 is 0.963 bits per heavy atom. The fraction of sp³-hybridized carbons (Fsp3) is 0.900. The van der Waals surface area contributed by atoms with E-state index in [9.17, 15) is 9.59 Å². The predicted molar refractivity (Wildman–Crippen MR) is 105 cm³/mol. The molecule has 3 fully saturated rings. The summed E-state index contributed by atoms with van der Waals surface area (Å²) < 4.78 is 5.36. The molecule has 3 rings (SSSR count). The van der Waals surface area contributed by atoms with E-state index in [-0.39, 0.29) is 18.0 Å². The molecule has 2 saturated carbocycles. The molecular weight excluding hydrogens is 344 g/mol. The monoisotopic (exact) mass is 380 g/mol. The quantitative estimate of drug-likeness (QED) is 0.656. The van der Waals surface area contributed by atoms with Crippen molar-refractivity contribution in [2.75, 3.05) is 39.4 Å². The van der Waals surface area contributed by atoms with Crippen LogP contribution in [0.2, 0.25) is 0 Å². The Morgan fingerprint density at radius 3 is 2.33 bits per heavy atom. The van der Waals surface area contributed by atoms with Crippen LogP contribution in [0.5, 0.6) is 0 Å².